The van der Waals surface area contributed by atoms with E-state index in [0.717, 1.165) is 11.6 Å². The fourth-order valence-electron chi connectivity index (χ4n) is 3.16. The molecule has 36 heavy (non-hydrogen) atoms. The number of rotatable bonds is 13. The van der Waals surface area contributed by atoms with Gasteiger partial charge >= 0.3 is 6.03 Å². The van der Waals surface area contributed by atoms with Crippen LogP contribution in [0, 0.1) is 12.7 Å². The summed E-state index contributed by atoms with van der Waals surface area (Å²) in [6.45, 7) is 4.75. The van der Waals surface area contributed by atoms with Gasteiger partial charge in [-0.2, -0.15) is 0 Å². The van der Waals surface area contributed by atoms with Gasteiger partial charge < -0.3 is 19.3 Å². The topological polar surface area (TPSA) is 112 Å². The fourth-order valence-corrected chi connectivity index (χ4v) is 4.33. The van der Waals surface area contributed by atoms with Crippen molar-refractivity contribution in [2.24, 2.45) is 0 Å². The van der Waals surface area contributed by atoms with Gasteiger partial charge in [-0.3, -0.25) is 10.0 Å². The molecule has 0 aliphatic carbocycles. The third kappa shape index (κ3) is 8.55. The van der Waals surface area contributed by atoms with E-state index in [4.69, 9.17) is 14.7 Å². The molecule has 0 aliphatic heterocycles. The highest BCUT2D eigenvalue weighted by molar-refractivity contribution is 7.82. The lowest BCUT2D eigenvalue weighted by atomic mass is 10.2. The van der Waals surface area contributed by atoms with Crippen LogP contribution < -0.4 is 10.2 Å². The van der Waals surface area contributed by atoms with E-state index in [-0.39, 0.29) is 29.8 Å². The number of carbonyl (C=O) groups is 2. The van der Waals surface area contributed by atoms with Crippen molar-refractivity contribution in [3.63, 3.8) is 0 Å². The van der Waals surface area contributed by atoms with Gasteiger partial charge in [0.2, 0.25) is 0 Å². The summed E-state index contributed by atoms with van der Waals surface area (Å²) in [7, 11) is 1.17. The molecule has 198 valence electrons. The zero-order valence-electron chi connectivity index (χ0n) is 20.9. The number of benzene rings is 2. The second-order valence-electron chi connectivity index (χ2n) is 7.93. The van der Waals surface area contributed by atoms with Crippen LogP contribution in [0.5, 0.6) is 11.5 Å². The molecule has 2 N–H and O–H groups in total. The lowest BCUT2D eigenvalue weighted by molar-refractivity contribution is -0.129. The molecule has 1 atom stereocenters. The van der Waals surface area contributed by atoms with E-state index in [1.54, 1.807) is 31.2 Å². The van der Waals surface area contributed by atoms with Crippen LogP contribution in [0.1, 0.15) is 12.5 Å². The third-order valence-electron chi connectivity index (χ3n) is 5.26. The number of nitrogens with zero attached hydrogens (tertiary/aromatic N) is 3. The average molecular weight is 525 g/mol. The summed E-state index contributed by atoms with van der Waals surface area (Å²) in [5, 5.41) is 8.94. The Morgan fingerprint density at radius 2 is 1.81 bits per heavy atom. The van der Waals surface area contributed by atoms with Crippen molar-refractivity contribution in [1.29, 1.82) is 0 Å². The summed E-state index contributed by atoms with van der Waals surface area (Å²) < 4.78 is 39.8. The number of hydroxylamine groups is 1. The van der Waals surface area contributed by atoms with Crippen molar-refractivity contribution < 1.29 is 32.9 Å². The van der Waals surface area contributed by atoms with Gasteiger partial charge in [-0.1, -0.05) is 17.7 Å². The summed E-state index contributed by atoms with van der Waals surface area (Å²) in [5.74, 6) is -1.11. The number of ether oxygens (including phenoxy) is 2. The van der Waals surface area contributed by atoms with E-state index in [1.165, 1.54) is 26.8 Å². The van der Waals surface area contributed by atoms with E-state index < -0.39 is 29.3 Å². The molecule has 0 aliphatic rings. The Labute approximate surface area is 213 Å². The second kappa shape index (κ2) is 14.5. The van der Waals surface area contributed by atoms with Gasteiger partial charge in [-0.05, 0) is 44.2 Å². The minimum atomic E-state index is -1.96. The van der Waals surface area contributed by atoms with Crippen LogP contribution in [-0.4, -0.2) is 88.9 Å². The molecule has 3 amide bonds. The molecular weight excluding hydrogens is 491 g/mol. The number of aryl methyl sites for hydroxylation is 1. The maximum absolute atomic E-state index is 14.8. The quantitative estimate of drug-likeness (QED) is 0.308. The van der Waals surface area contributed by atoms with Crippen molar-refractivity contribution in [3.05, 3.63) is 53.8 Å². The van der Waals surface area contributed by atoms with E-state index in [0.29, 0.717) is 25.4 Å². The van der Waals surface area contributed by atoms with Crippen LogP contribution in [0.2, 0.25) is 0 Å². The van der Waals surface area contributed by atoms with E-state index in [2.05, 4.69) is 0 Å². The zero-order chi connectivity index (χ0) is 26.7. The largest absolute Gasteiger partial charge is 0.454 e. The van der Waals surface area contributed by atoms with E-state index in [9.17, 15) is 18.2 Å². The molecule has 2 aromatic rings. The summed E-state index contributed by atoms with van der Waals surface area (Å²) in [5.41, 5.74) is 2.54. The van der Waals surface area contributed by atoms with Crippen molar-refractivity contribution in [2.45, 2.75) is 18.7 Å². The predicted octanol–water partition coefficient (Wildman–Crippen LogP) is 2.78. The van der Waals surface area contributed by atoms with Crippen molar-refractivity contribution in [2.75, 3.05) is 53.5 Å². The summed E-state index contributed by atoms with van der Waals surface area (Å²) in [6, 6.07) is 10.7. The van der Waals surface area contributed by atoms with Crippen molar-refractivity contribution >= 4 is 22.9 Å². The lowest BCUT2D eigenvalue weighted by Gasteiger charge is -2.29. The van der Waals surface area contributed by atoms with Gasteiger partial charge in [0.25, 0.3) is 5.91 Å². The number of methoxy groups -OCH3 is 1. The highest BCUT2D eigenvalue weighted by atomic mass is 32.2. The summed E-state index contributed by atoms with van der Waals surface area (Å²) in [4.78, 5) is 27.6. The first-order chi connectivity index (χ1) is 17.2. The molecule has 0 heterocycles. The van der Waals surface area contributed by atoms with Gasteiger partial charge in [0.15, 0.2) is 11.6 Å². The molecule has 0 saturated carbocycles. The molecule has 2 rings (SSSR count). The Hall–Kier alpha value is -3.06. The van der Waals surface area contributed by atoms with E-state index in [1.807, 2.05) is 26.0 Å². The molecule has 0 radical (unpaired) electrons. The first-order valence-electron chi connectivity index (χ1n) is 11.3. The standard InChI is InChI=1S/C24H33FN4O6S/c1-5-28(14-15-34-4)24(31)27(3)12-13-29(17-23(30)26-32)36(33)20-10-11-22(21(25)16-20)35-19-8-6-18(2)7-9-19/h6-11,16,32H,5,12-15,17H2,1-4H3,(H,26,30). The van der Waals surface area contributed by atoms with Crippen molar-refractivity contribution in [1.82, 2.24) is 19.6 Å². The molecule has 2 aromatic carbocycles. The first kappa shape index (κ1) is 29.2. The molecule has 10 nitrogen and oxygen atoms in total. The van der Waals surface area contributed by atoms with Crippen molar-refractivity contribution in [3.8, 4) is 11.5 Å². The number of hydrogen-bond acceptors (Lipinski definition) is 6. The molecule has 12 heteroatoms. The maximum atomic E-state index is 14.8. The number of urea groups is 1. The monoisotopic (exact) mass is 524 g/mol. The Bertz CT molecular complexity index is 1040. The highest BCUT2D eigenvalue weighted by Crippen LogP contribution is 2.27. The van der Waals surface area contributed by atoms with Crippen LogP contribution in [0.3, 0.4) is 0 Å². The molecule has 0 aromatic heterocycles. The van der Waals surface area contributed by atoms with Crippen LogP contribution in [0.25, 0.3) is 0 Å². The van der Waals surface area contributed by atoms with Gasteiger partial charge in [0, 0.05) is 40.3 Å². The Balaban J connectivity index is 2.13. The normalized spacial score (nSPS) is 11.8. The number of hydrogen-bond donors (Lipinski definition) is 2. The Morgan fingerprint density at radius 3 is 2.39 bits per heavy atom. The Morgan fingerprint density at radius 1 is 1.11 bits per heavy atom. The van der Waals surface area contributed by atoms with Crippen LogP contribution in [0.15, 0.2) is 47.4 Å². The summed E-state index contributed by atoms with van der Waals surface area (Å²) >= 11 is 0. The molecule has 0 saturated heterocycles. The maximum Gasteiger partial charge on any atom is 0.319 e. The zero-order valence-corrected chi connectivity index (χ0v) is 21.7. The first-order valence-corrected chi connectivity index (χ1v) is 12.4. The van der Waals surface area contributed by atoms with Gasteiger partial charge in [0.1, 0.15) is 16.7 Å². The smallest absolute Gasteiger partial charge is 0.319 e. The SMILES string of the molecule is CCN(CCOC)C(=O)N(C)CCN(CC(=O)NO)S(=O)c1ccc(Oc2ccc(C)cc2)c(F)c1. The predicted molar refractivity (Wildman–Crippen MR) is 133 cm³/mol. The number of halogens is 1. The highest BCUT2D eigenvalue weighted by Gasteiger charge is 2.23. The number of amides is 3. The fraction of sp³-hybridized carbons (Fsp3) is 0.417. The third-order valence-corrected chi connectivity index (χ3v) is 6.70. The minimum absolute atomic E-state index is 0.0212. The number of likely N-dealkylation sites (N-methyl/N-ethyl adjacent to an activating group) is 2. The molecule has 0 spiro atoms. The van der Waals surface area contributed by atoms with E-state index >= 15 is 0 Å². The van der Waals surface area contributed by atoms with Crippen LogP contribution in [-0.2, 0) is 20.5 Å². The van der Waals surface area contributed by atoms with Crippen LogP contribution >= 0.6 is 0 Å². The molecule has 0 bridgehead atoms. The average Bonchev–Trinajstić information content (AvgIpc) is 2.88. The number of nitrogens with one attached hydrogen (secondary N) is 1. The van der Waals surface area contributed by atoms with Gasteiger partial charge in [0.05, 0.1) is 18.0 Å². The Kier molecular flexibility index (Phi) is 11.7. The minimum Gasteiger partial charge on any atom is -0.454 e. The lowest BCUT2D eigenvalue weighted by Crippen LogP contribution is -2.46. The number of carbonyl (C=O) groups excluding carboxylic acids is 2. The van der Waals surface area contributed by atoms with Gasteiger partial charge in [-0.15, -0.1) is 0 Å². The molecular formula is C24H33FN4O6S. The molecule has 0 fully saturated rings. The molecule has 1 unspecified atom stereocenters. The second-order valence-corrected chi connectivity index (χ2v) is 9.42. The van der Waals surface area contributed by atoms with Crippen LogP contribution in [0.4, 0.5) is 9.18 Å². The summed E-state index contributed by atoms with van der Waals surface area (Å²) in [6.07, 6.45) is 0. The van der Waals surface area contributed by atoms with Gasteiger partial charge in [-0.25, -0.2) is 23.2 Å².